The van der Waals surface area contributed by atoms with Crippen LogP contribution < -0.4 is 0 Å². The molecule has 16 heavy (non-hydrogen) atoms. The second kappa shape index (κ2) is 7.19. The minimum atomic E-state index is -0.0421. The van der Waals surface area contributed by atoms with E-state index in [0.29, 0.717) is 11.8 Å². The summed E-state index contributed by atoms with van der Waals surface area (Å²) in [6.45, 7) is 2.21. The van der Waals surface area contributed by atoms with Crippen molar-refractivity contribution >= 4 is 23.2 Å². The van der Waals surface area contributed by atoms with Gasteiger partial charge in [0.25, 0.3) is 0 Å². The molecule has 0 nitrogen and oxygen atoms in total. The Hall–Kier alpha value is -0.200. The number of hydrogen-bond donors (Lipinski definition) is 0. The molecule has 1 aromatic carbocycles. The highest BCUT2D eigenvalue weighted by atomic mass is 35.5. The maximum atomic E-state index is 6.15. The van der Waals surface area contributed by atoms with Gasteiger partial charge in [-0.1, -0.05) is 56.5 Å². The molecule has 0 aliphatic heterocycles. The van der Waals surface area contributed by atoms with Crippen LogP contribution in [0.3, 0.4) is 0 Å². The third kappa shape index (κ3) is 3.40. The molecule has 0 saturated heterocycles. The summed E-state index contributed by atoms with van der Waals surface area (Å²) in [5.41, 5.74) is 1.23. The second-order valence-corrected chi connectivity index (χ2v) is 4.91. The van der Waals surface area contributed by atoms with Gasteiger partial charge < -0.3 is 0 Å². The molecule has 0 spiro atoms. The molecule has 0 aliphatic rings. The van der Waals surface area contributed by atoms with E-state index in [0.717, 1.165) is 6.42 Å². The minimum absolute atomic E-state index is 0.0421. The van der Waals surface area contributed by atoms with Gasteiger partial charge in [-0.25, -0.2) is 0 Å². The molecule has 0 aliphatic carbocycles. The number of rotatable bonds is 7. The molecule has 0 bridgehead atoms. The van der Waals surface area contributed by atoms with Crippen LogP contribution in [-0.4, -0.2) is 11.8 Å². The topological polar surface area (TPSA) is 0 Å². The fourth-order valence-electron chi connectivity index (χ4n) is 1.97. The first-order valence-corrected chi connectivity index (χ1v) is 7.03. The quantitative estimate of drug-likeness (QED) is 0.478. The van der Waals surface area contributed by atoms with E-state index in [-0.39, 0.29) is 5.41 Å². The zero-order valence-corrected chi connectivity index (χ0v) is 11.4. The Morgan fingerprint density at radius 1 is 1.00 bits per heavy atom. The van der Waals surface area contributed by atoms with Crippen molar-refractivity contribution in [1.82, 2.24) is 0 Å². The predicted octanol–water partition coefficient (Wildman–Crippen LogP) is 4.98. The Balaban J connectivity index is 2.79. The molecule has 1 aromatic rings. The Labute approximate surface area is 109 Å². The van der Waals surface area contributed by atoms with Gasteiger partial charge in [0, 0.05) is 17.2 Å². The van der Waals surface area contributed by atoms with Crippen LogP contribution in [-0.2, 0) is 5.41 Å². The number of alkyl halides is 2. The van der Waals surface area contributed by atoms with Crippen LogP contribution in [0.15, 0.2) is 30.3 Å². The normalized spacial score (nSPS) is 11.7. The van der Waals surface area contributed by atoms with Crippen LogP contribution in [0.5, 0.6) is 0 Å². The molecule has 1 rings (SSSR count). The van der Waals surface area contributed by atoms with E-state index in [1.165, 1.54) is 24.8 Å². The van der Waals surface area contributed by atoms with Crippen LogP contribution in [0.1, 0.15) is 38.2 Å². The van der Waals surface area contributed by atoms with E-state index >= 15 is 0 Å². The van der Waals surface area contributed by atoms with Crippen molar-refractivity contribution in [2.24, 2.45) is 0 Å². The van der Waals surface area contributed by atoms with Gasteiger partial charge in [-0.2, -0.15) is 0 Å². The maximum absolute atomic E-state index is 6.15. The van der Waals surface area contributed by atoms with Crippen molar-refractivity contribution in [3.63, 3.8) is 0 Å². The summed E-state index contributed by atoms with van der Waals surface area (Å²) in [7, 11) is 0. The predicted molar refractivity (Wildman–Crippen MR) is 73.7 cm³/mol. The van der Waals surface area contributed by atoms with Crippen molar-refractivity contribution in [2.75, 3.05) is 11.8 Å². The van der Waals surface area contributed by atoms with E-state index in [1.807, 2.05) is 6.07 Å². The van der Waals surface area contributed by atoms with Crippen molar-refractivity contribution in [3.8, 4) is 0 Å². The molecule has 0 atom stereocenters. The molecular weight excluding hydrogens is 239 g/mol. The van der Waals surface area contributed by atoms with Gasteiger partial charge in [0.05, 0.1) is 0 Å². The standard InChI is InChI=1S/C14H20Cl2/c1-2-3-7-10-14(11-15,12-16)13-8-5-4-6-9-13/h4-6,8-9H,2-3,7,10-12H2,1H3. The van der Waals surface area contributed by atoms with E-state index in [2.05, 4.69) is 31.2 Å². The lowest BCUT2D eigenvalue weighted by molar-refractivity contribution is 0.461. The summed E-state index contributed by atoms with van der Waals surface area (Å²) < 4.78 is 0. The van der Waals surface area contributed by atoms with Gasteiger partial charge in [-0.05, 0) is 12.0 Å². The Morgan fingerprint density at radius 3 is 2.12 bits per heavy atom. The van der Waals surface area contributed by atoms with Crippen molar-refractivity contribution in [1.29, 1.82) is 0 Å². The van der Waals surface area contributed by atoms with Gasteiger partial charge in [0.2, 0.25) is 0 Å². The molecule has 0 aromatic heterocycles. The van der Waals surface area contributed by atoms with E-state index in [1.54, 1.807) is 0 Å². The fraction of sp³-hybridized carbons (Fsp3) is 0.571. The molecule has 0 amide bonds. The summed E-state index contributed by atoms with van der Waals surface area (Å²) in [6, 6.07) is 10.4. The zero-order chi connectivity index (χ0) is 11.9. The molecular formula is C14H20Cl2. The van der Waals surface area contributed by atoms with E-state index in [9.17, 15) is 0 Å². The lowest BCUT2D eigenvalue weighted by atomic mass is 9.79. The van der Waals surface area contributed by atoms with Crippen LogP contribution in [0.4, 0.5) is 0 Å². The number of halogens is 2. The molecule has 0 unspecified atom stereocenters. The van der Waals surface area contributed by atoms with Crippen molar-refractivity contribution in [2.45, 2.75) is 38.0 Å². The third-order valence-corrected chi connectivity index (χ3v) is 4.18. The lowest BCUT2D eigenvalue weighted by Crippen LogP contribution is -2.30. The summed E-state index contributed by atoms with van der Waals surface area (Å²) in [5, 5.41) is 0. The maximum Gasteiger partial charge on any atom is 0.0332 e. The zero-order valence-electron chi connectivity index (χ0n) is 9.89. The monoisotopic (exact) mass is 258 g/mol. The number of hydrogen-bond acceptors (Lipinski definition) is 0. The van der Waals surface area contributed by atoms with Gasteiger partial charge in [-0.3, -0.25) is 0 Å². The molecule has 90 valence electrons. The summed E-state index contributed by atoms with van der Waals surface area (Å²) in [6.07, 6.45) is 4.76. The largest absolute Gasteiger partial charge is 0.126 e. The van der Waals surface area contributed by atoms with Gasteiger partial charge in [0.1, 0.15) is 0 Å². The third-order valence-electron chi connectivity index (χ3n) is 3.16. The first kappa shape index (κ1) is 13.9. The summed E-state index contributed by atoms with van der Waals surface area (Å²) >= 11 is 12.3. The minimum Gasteiger partial charge on any atom is -0.126 e. The molecule has 0 heterocycles. The highest BCUT2D eigenvalue weighted by molar-refractivity contribution is 6.22. The molecule has 0 fully saturated rings. The second-order valence-electron chi connectivity index (χ2n) is 4.37. The van der Waals surface area contributed by atoms with Gasteiger partial charge in [-0.15, -0.1) is 23.2 Å². The lowest BCUT2D eigenvalue weighted by Gasteiger charge is -2.30. The Morgan fingerprint density at radius 2 is 1.62 bits per heavy atom. The first-order chi connectivity index (χ1) is 7.79. The highest BCUT2D eigenvalue weighted by Gasteiger charge is 2.29. The van der Waals surface area contributed by atoms with Crippen LogP contribution in [0.2, 0.25) is 0 Å². The van der Waals surface area contributed by atoms with Crippen molar-refractivity contribution < 1.29 is 0 Å². The van der Waals surface area contributed by atoms with Crippen LogP contribution >= 0.6 is 23.2 Å². The summed E-state index contributed by atoms with van der Waals surface area (Å²) in [5.74, 6) is 1.20. The molecule has 2 heteroatoms. The summed E-state index contributed by atoms with van der Waals surface area (Å²) in [4.78, 5) is 0. The number of benzene rings is 1. The van der Waals surface area contributed by atoms with E-state index < -0.39 is 0 Å². The van der Waals surface area contributed by atoms with E-state index in [4.69, 9.17) is 23.2 Å². The Kier molecular flexibility index (Phi) is 6.23. The first-order valence-electron chi connectivity index (χ1n) is 5.96. The van der Waals surface area contributed by atoms with Gasteiger partial charge >= 0.3 is 0 Å². The average molecular weight is 259 g/mol. The average Bonchev–Trinajstić information content (AvgIpc) is 2.36. The smallest absolute Gasteiger partial charge is 0.0332 e. The molecule has 0 radical (unpaired) electrons. The van der Waals surface area contributed by atoms with Crippen molar-refractivity contribution in [3.05, 3.63) is 35.9 Å². The van der Waals surface area contributed by atoms with Crippen LogP contribution in [0.25, 0.3) is 0 Å². The highest BCUT2D eigenvalue weighted by Crippen LogP contribution is 2.33. The fourth-order valence-corrected chi connectivity index (χ4v) is 2.83. The molecule has 0 saturated carbocycles. The van der Waals surface area contributed by atoms with Gasteiger partial charge in [0.15, 0.2) is 0 Å². The Bertz CT molecular complexity index is 278. The SMILES string of the molecule is CCCCCC(CCl)(CCl)c1ccccc1. The molecule has 0 N–H and O–H groups in total. The van der Waals surface area contributed by atoms with Crippen LogP contribution in [0, 0.1) is 0 Å². The number of unbranched alkanes of at least 4 members (excludes halogenated alkanes) is 2.